The number of carbonyl (C=O) groups excluding carboxylic acids is 1. The summed E-state index contributed by atoms with van der Waals surface area (Å²) in [5, 5.41) is 3.39. The summed E-state index contributed by atoms with van der Waals surface area (Å²) < 4.78 is 0.846. The van der Waals surface area contributed by atoms with Crippen LogP contribution >= 0.6 is 34.2 Å². The number of aromatic nitrogens is 1. The van der Waals surface area contributed by atoms with E-state index in [0.29, 0.717) is 16.4 Å². The number of amides is 1. The first-order chi connectivity index (χ1) is 8.56. The van der Waals surface area contributed by atoms with E-state index >= 15 is 0 Å². The van der Waals surface area contributed by atoms with Gasteiger partial charge in [0.2, 0.25) is 0 Å². The molecule has 0 spiro atoms. The molecule has 3 nitrogen and oxygen atoms in total. The Morgan fingerprint density at radius 1 is 1.33 bits per heavy atom. The summed E-state index contributed by atoms with van der Waals surface area (Å²) in [5.74, 6) is 0.354. The topological polar surface area (TPSA) is 42.0 Å². The lowest BCUT2D eigenvalue weighted by atomic mass is 10.2. The first-order valence-electron chi connectivity index (χ1n) is 5.25. The van der Waals surface area contributed by atoms with Gasteiger partial charge in [0.1, 0.15) is 5.82 Å². The number of benzene rings is 1. The molecule has 0 saturated carbocycles. The van der Waals surface area contributed by atoms with E-state index in [1.807, 2.05) is 19.1 Å². The Labute approximate surface area is 124 Å². The number of pyridine rings is 1. The number of carbonyl (C=O) groups is 1. The standard InChI is InChI=1S/C13H10ClIN2O/c1-8-4-5-16-12(6-8)17-13(18)9-2-3-10(14)11(15)7-9/h2-7H,1H3,(H,16,17,18). The van der Waals surface area contributed by atoms with E-state index < -0.39 is 0 Å². The monoisotopic (exact) mass is 372 g/mol. The summed E-state index contributed by atoms with van der Waals surface area (Å²) in [5.41, 5.74) is 1.61. The fraction of sp³-hybridized carbons (Fsp3) is 0.0769. The molecule has 1 amide bonds. The van der Waals surface area contributed by atoms with E-state index in [9.17, 15) is 4.79 Å². The Morgan fingerprint density at radius 2 is 2.11 bits per heavy atom. The molecular formula is C13H10ClIN2O. The maximum Gasteiger partial charge on any atom is 0.256 e. The van der Waals surface area contributed by atoms with Gasteiger partial charge in [0.25, 0.3) is 5.91 Å². The minimum Gasteiger partial charge on any atom is -0.307 e. The number of aryl methyl sites for hydroxylation is 1. The van der Waals surface area contributed by atoms with E-state index in [4.69, 9.17) is 11.6 Å². The lowest BCUT2D eigenvalue weighted by molar-refractivity contribution is 0.102. The summed E-state index contributed by atoms with van der Waals surface area (Å²) >= 11 is 8.01. The van der Waals surface area contributed by atoms with Crippen LogP contribution < -0.4 is 5.32 Å². The van der Waals surface area contributed by atoms with Crippen LogP contribution in [-0.4, -0.2) is 10.9 Å². The predicted octanol–water partition coefficient (Wildman–Crippen LogP) is 3.90. The number of hydrogen-bond donors (Lipinski definition) is 1. The molecule has 0 fully saturated rings. The second-order valence-electron chi connectivity index (χ2n) is 3.80. The summed E-state index contributed by atoms with van der Waals surface area (Å²) in [6, 6.07) is 8.84. The van der Waals surface area contributed by atoms with Gasteiger partial charge in [0.05, 0.1) is 5.02 Å². The van der Waals surface area contributed by atoms with Gasteiger partial charge in [-0.15, -0.1) is 0 Å². The third-order valence-corrected chi connectivity index (χ3v) is 3.88. The van der Waals surface area contributed by atoms with Crippen LogP contribution in [0.3, 0.4) is 0 Å². The summed E-state index contributed by atoms with van der Waals surface area (Å²) in [7, 11) is 0. The van der Waals surface area contributed by atoms with Crippen LogP contribution in [0.2, 0.25) is 5.02 Å². The van der Waals surface area contributed by atoms with Crippen molar-refractivity contribution in [3.05, 3.63) is 56.2 Å². The average molecular weight is 373 g/mol. The van der Waals surface area contributed by atoms with Crippen molar-refractivity contribution < 1.29 is 4.79 Å². The Bertz CT molecular complexity index is 601. The van der Waals surface area contributed by atoms with Gasteiger partial charge in [-0.1, -0.05) is 11.6 Å². The van der Waals surface area contributed by atoms with Crippen molar-refractivity contribution in [1.82, 2.24) is 4.98 Å². The van der Waals surface area contributed by atoms with E-state index in [-0.39, 0.29) is 5.91 Å². The minimum atomic E-state index is -0.192. The molecule has 1 N–H and O–H groups in total. The lowest BCUT2D eigenvalue weighted by Crippen LogP contribution is -2.13. The molecule has 1 aromatic carbocycles. The highest BCUT2D eigenvalue weighted by Gasteiger charge is 2.08. The van der Waals surface area contributed by atoms with Crippen LogP contribution in [-0.2, 0) is 0 Å². The molecule has 0 aliphatic rings. The molecule has 0 atom stereocenters. The van der Waals surface area contributed by atoms with Gasteiger partial charge in [-0.05, 0) is 65.4 Å². The molecule has 0 saturated heterocycles. The SMILES string of the molecule is Cc1ccnc(NC(=O)c2ccc(Cl)c(I)c2)c1. The second-order valence-corrected chi connectivity index (χ2v) is 5.37. The van der Waals surface area contributed by atoms with Crippen molar-refractivity contribution in [2.75, 3.05) is 5.32 Å². The van der Waals surface area contributed by atoms with E-state index in [1.165, 1.54) is 0 Å². The van der Waals surface area contributed by atoms with E-state index in [1.54, 1.807) is 24.4 Å². The highest BCUT2D eigenvalue weighted by molar-refractivity contribution is 14.1. The van der Waals surface area contributed by atoms with Gasteiger partial charge in [-0.25, -0.2) is 4.98 Å². The van der Waals surface area contributed by atoms with Crippen LogP contribution in [0, 0.1) is 10.5 Å². The molecule has 1 heterocycles. The zero-order chi connectivity index (χ0) is 13.1. The highest BCUT2D eigenvalue weighted by atomic mass is 127. The number of anilines is 1. The Balaban J connectivity index is 2.19. The molecule has 2 rings (SSSR count). The molecule has 0 unspecified atom stereocenters. The molecule has 2 aromatic rings. The molecule has 92 valence electrons. The van der Waals surface area contributed by atoms with Crippen molar-refractivity contribution in [2.24, 2.45) is 0 Å². The Kier molecular flexibility index (Phi) is 4.19. The number of nitrogens with zero attached hydrogens (tertiary/aromatic N) is 1. The molecule has 0 radical (unpaired) electrons. The Hall–Kier alpha value is -1.14. The quantitative estimate of drug-likeness (QED) is 0.813. The zero-order valence-corrected chi connectivity index (χ0v) is 12.5. The largest absolute Gasteiger partial charge is 0.307 e. The highest BCUT2D eigenvalue weighted by Crippen LogP contribution is 2.20. The summed E-state index contributed by atoms with van der Waals surface area (Å²) in [4.78, 5) is 16.1. The summed E-state index contributed by atoms with van der Waals surface area (Å²) in [6.07, 6.45) is 1.66. The van der Waals surface area contributed by atoms with Crippen LogP contribution in [0.4, 0.5) is 5.82 Å². The number of halogens is 2. The minimum absolute atomic E-state index is 0.192. The predicted molar refractivity (Wildman–Crippen MR) is 81.1 cm³/mol. The lowest BCUT2D eigenvalue weighted by Gasteiger charge is -2.06. The third kappa shape index (κ3) is 3.20. The van der Waals surface area contributed by atoms with Gasteiger partial charge in [-0.2, -0.15) is 0 Å². The average Bonchev–Trinajstić information content (AvgIpc) is 2.32. The van der Waals surface area contributed by atoms with Gasteiger partial charge in [0, 0.05) is 15.3 Å². The smallest absolute Gasteiger partial charge is 0.256 e. The number of rotatable bonds is 2. The molecule has 1 aromatic heterocycles. The zero-order valence-electron chi connectivity index (χ0n) is 9.58. The fourth-order valence-corrected chi connectivity index (χ4v) is 2.06. The van der Waals surface area contributed by atoms with Crippen molar-refractivity contribution in [3.8, 4) is 0 Å². The fourth-order valence-electron chi connectivity index (χ4n) is 1.43. The molecule has 0 bridgehead atoms. The van der Waals surface area contributed by atoms with Crippen LogP contribution in [0.1, 0.15) is 15.9 Å². The van der Waals surface area contributed by atoms with Crippen molar-refractivity contribution in [3.63, 3.8) is 0 Å². The first kappa shape index (κ1) is 13.3. The second kappa shape index (κ2) is 5.67. The molecule has 0 aliphatic carbocycles. The van der Waals surface area contributed by atoms with Crippen LogP contribution in [0.15, 0.2) is 36.5 Å². The van der Waals surface area contributed by atoms with E-state index in [2.05, 4.69) is 32.9 Å². The maximum absolute atomic E-state index is 12.0. The van der Waals surface area contributed by atoms with Crippen LogP contribution in [0.25, 0.3) is 0 Å². The van der Waals surface area contributed by atoms with Crippen LogP contribution in [0.5, 0.6) is 0 Å². The number of nitrogens with one attached hydrogen (secondary N) is 1. The van der Waals surface area contributed by atoms with Gasteiger partial charge >= 0.3 is 0 Å². The first-order valence-corrected chi connectivity index (χ1v) is 6.71. The molecule has 5 heteroatoms. The molecular weight excluding hydrogens is 363 g/mol. The molecule has 0 aliphatic heterocycles. The van der Waals surface area contributed by atoms with Crippen molar-refractivity contribution in [1.29, 1.82) is 0 Å². The summed E-state index contributed by atoms with van der Waals surface area (Å²) in [6.45, 7) is 1.95. The van der Waals surface area contributed by atoms with Crippen molar-refractivity contribution in [2.45, 2.75) is 6.92 Å². The normalized spacial score (nSPS) is 10.2. The Morgan fingerprint density at radius 3 is 2.78 bits per heavy atom. The van der Waals surface area contributed by atoms with Gasteiger partial charge in [0.15, 0.2) is 0 Å². The maximum atomic E-state index is 12.0. The number of hydrogen-bond acceptors (Lipinski definition) is 2. The van der Waals surface area contributed by atoms with Gasteiger partial charge in [-0.3, -0.25) is 4.79 Å². The van der Waals surface area contributed by atoms with Gasteiger partial charge < -0.3 is 5.32 Å². The molecule has 18 heavy (non-hydrogen) atoms. The van der Waals surface area contributed by atoms with E-state index in [0.717, 1.165) is 9.13 Å². The third-order valence-electron chi connectivity index (χ3n) is 2.34. The van der Waals surface area contributed by atoms with Crippen molar-refractivity contribution >= 4 is 45.9 Å².